The molecule has 0 aliphatic heterocycles. The number of halogens is 1. The number of rotatable bonds is 7. The number of carbonyl (C=O) groups is 1. The fourth-order valence-electron chi connectivity index (χ4n) is 1.44. The maximum absolute atomic E-state index is 11.5. The summed E-state index contributed by atoms with van der Waals surface area (Å²) in [6.07, 6.45) is 4.74. The average molecular weight is 384 g/mol. The highest BCUT2D eigenvalue weighted by Gasteiger charge is 2.12. The minimum atomic E-state index is -0.227. The molecule has 0 saturated heterocycles. The number of nitrogens with two attached hydrogens (primary N) is 1. The van der Waals surface area contributed by atoms with E-state index in [0.29, 0.717) is 5.96 Å². The number of aliphatic imine (C=N–C) groups is 1. The molecular weight excluding hydrogens is 355 g/mol. The zero-order valence-corrected chi connectivity index (χ0v) is 14.9. The van der Waals surface area contributed by atoms with Crippen molar-refractivity contribution in [1.82, 2.24) is 10.6 Å². The third-order valence-corrected chi connectivity index (χ3v) is 2.24. The number of carbonyl (C=O) groups excluding carboxylic acids is 1. The van der Waals surface area contributed by atoms with E-state index in [9.17, 15) is 4.79 Å². The number of unbranched alkanes of at least 4 members (excludes halogenated alkanes) is 3. The number of hydrogen-bond acceptors (Lipinski definition) is 2. The highest BCUT2D eigenvalue weighted by molar-refractivity contribution is 14.0. The first-order valence-corrected chi connectivity index (χ1v) is 6.70. The summed E-state index contributed by atoms with van der Waals surface area (Å²) < 4.78 is 0. The molecule has 0 spiro atoms. The van der Waals surface area contributed by atoms with Crippen molar-refractivity contribution in [2.24, 2.45) is 10.7 Å². The number of nitrogens with zero attached hydrogens (tertiary/aromatic N) is 1. The van der Waals surface area contributed by atoms with Crippen molar-refractivity contribution >= 4 is 35.8 Å². The molecule has 0 rings (SSSR count). The normalized spacial score (nSPS) is 11.7. The molecule has 0 atom stereocenters. The molecule has 0 bridgehead atoms. The van der Waals surface area contributed by atoms with Gasteiger partial charge in [-0.1, -0.05) is 26.2 Å². The van der Waals surface area contributed by atoms with Crippen molar-refractivity contribution in [2.75, 3.05) is 13.1 Å². The van der Waals surface area contributed by atoms with Crippen LogP contribution >= 0.6 is 24.0 Å². The van der Waals surface area contributed by atoms with Crippen molar-refractivity contribution in [3.05, 3.63) is 0 Å². The molecule has 1 amide bonds. The van der Waals surface area contributed by atoms with Crippen molar-refractivity contribution in [3.8, 4) is 0 Å². The molecule has 5 nitrogen and oxygen atoms in total. The first kappa shape index (κ1) is 20.8. The summed E-state index contributed by atoms with van der Waals surface area (Å²) in [6.45, 7) is 8.87. The van der Waals surface area contributed by atoms with E-state index in [-0.39, 0.29) is 42.0 Å². The van der Waals surface area contributed by atoms with Gasteiger partial charge in [0.1, 0.15) is 6.54 Å². The van der Waals surface area contributed by atoms with Gasteiger partial charge in [-0.2, -0.15) is 0 Å². The van der Waals surface area contributed by atoms with Crippen LogP contribution in [0.1, 0.15) is 53.4 Å². The van der Waals surface area contributed by atoms with Crippen LogP contribution in [0.5, 0.6) is 0 Å². The molecular formula is C13H29IN4O. The molecule has 6 heteroatoms. The van der Waals surface area contributed by atoms with E-state index in [1.165, 1.54) is 19.3 Å². The van der Waals surface area contributed by atoms with Crippen LogP contribution in [0.15, 0.2) is 4.99 Å². The second-order valence-corrected chi connectivity index (χ2v) is 5.49. The molecule has 0 aromatic carbocycles. The predicted molar refractivity (Wildman–Crippen MR) is 91.9 cm³/mol. The molecule has 0 radical (unpaired) electrons. The Kier molecular flexibility index (Phi) is 12.4. The lowest BCUT2D eigenvalue weighted by molar-refractivity contribution is -0.121. The van der Waals surface area contributed by atoms with E-state index in [2.05, 4.69) is 22.5 Å². The zero-order valence-electron chi connectivity index (χ0n) is 12.6. The monoisotopic (exact) mass is 384 g/mol. The molecule has 0 aromatic rings. The lowest BCUT2D eigenvalue weighted by Gasteiger charge is -2.19. The lowest BCUT2D eigenvalue weighted by Crippen LogP contribution is -2.42. The van der Waals surface area contributed by atoms with Gasteiger partial charge < -0.3 is 16.4 Å². The first-order chi connectivity index (χ1) is 8.35. The average Bonchev–Trinajstić information content (AvgIpc) is 2.24. The number of hydrogen-bond donors (Lipinski definition) is 3. The van der Waals surface area contributed by atoms with Gasteiger partial charge in [0.15, 0.2) is 5.96 Å². The number of amides is 1. The standard InChI is InChI=1S/C13H28N4O.HI/c1-5-6-7-8-9-15-12(14)16-10-11(18)17-13(2,3)4;/h5-10H2,1-4H3,(H,17,18)(H3,14,15,16);1H. The quantitative estimate of drug-likeness (QED) is 0.272. The fraction of sp³-hybridized carbons (Fsp3) is 0.846. The molecule has 19 heavy (non-hydrogen) atoms. The molecule has 0 heterocycles. The number of nitrogens with one attached hydrogen (secondary N) is 2. The Morgan fingerprint density at radius 1 is 1.21 bits per heavy atom. The highest BCUT2D eigenvalue weighted by Crippen LogP contribution is 1.98. The minimum absolute atomic E-state index is 0. The van der Waals surface area contributed by atoms with Crippen LogP contribution in [0.4, 0.5) is 0 Å². The lowest BCUT2D eigenvalue weighted by atomic mass is 10.1. The smallest absolute Gasteiger partial charge is 0.242 e. The van der Waals surface area contributed by atoms with Crippen LogP contribution in [0.25, 0.3) is 0 Å². The summed E-state index contributed by atoms with van der Waals surface area (Å²) in [5.41, 5.74) is 5.43. The van der Waals surface area contributed by atoms with E-state index in [4.69, 9.17) is 5.73 Å². The molecule has 0 saturated carbocycles. The van der Waals surface area contributed by atoms with Crippen LogP contribution in [-0.4, -0.2) is 30.5 Å². The van der Waals surface area contributed by atoms with Gasteiger partial charge in [0, 0.05) is 12.1 Å². The van der Waals surface area contributed by atoms with Gasteiger partial charge in [-0.15, -0.1) is 24.0 Å². The molecule has 4 N–H and O–H groups in total. The SMILES string of the molecule is CCCCCCNC(N)=NCC(=O)NC(C)(C)C.I. The predicted octanol–water partition coefficient (Wildman–Crippen LogP) is 2.00. The summed E-state index contributed by atoms with van der Waals surface area (Å²) in [5.74, 6) is 0.230. The molecule has 0 fully saturated rings. The Bertz CT molecular complexity index is 274. The maximum atomic E-state index is 11.5. The summed E-state index contributed by atoms with van der Waals surface area (Å²) in [6, 6.07) is 0. The number of guanidine groups is 1. The van der Waals surface area contributed by atoms with E-state index in [0.717, 1.165) is 13.0 Å². The largest absolute Gasteiger partial charge is 0.370 e. The molecule has 114 valence electrons. The third kappa shape index (κ3) is 15.4. The van der Waals surface area contributed by atoms with Gasteiger partial charge in [-0.3, -0.25) is 4.79 Å². The molecule has 0 aliphatic carbocycles. The topological polar surface area (TPSA) is 79.5 Å². The van der Waals surface area contributed by atoms with Gasteiger partial charge in [0.25, 0.3) is 0 Å². The van der Waals surface area contributed by atoms with Crippen LogP contribution in [0.2, 0.25) is 0 Å². The molecule has 0 aliphatic rings. The Labute approximate surface area is 134 Å². The summed E-state index contributed by atoms with van der Waals surface area (Å²) in [4.78, 5) is 15.5. The fourth-order valence-corrected chi connectivity index (χ4v) is 1.44. The highest BCUT2D eigenvalue weighted by atomic mass is 127. The van der Waals surface area contributed by atoms with Crippen LogP contribution < -0.4 is 16.4 Å². The Morgan fingerprint density at radius 3 is 2.37 bits per heavy atom. The maximum Gasteiger partial charge on any atom is 0.242 e. The second-order valence-electron chi connectivity index (χ2n) is 5.49. The summed E-state index contributed by atoms with van der Waals surface area (Å²) in [7, 11) is 0. The van der Waals surface area contributed by atoms with Gasteiger partial charge in [0.05, 0.1) is 0 Å². The Hall–Kier alpha value is -0.530. The first-order valence-electron chi connectivity index (χ1n) is 6.70. The third-order valence-electron chi connectivity index (χ3n) is 2.24. The van der Waals surface area contributed by atoms with E-state index >= 15 is 0 Å². The summed E-state index contributed by atoms with van der Waals surface area (Å²) >= 11 is 0. The van der Waals surface area contributed by atoms with Crippen LogP contribution in [-0.2, 0) is 4.79 Å². The van der Waals surface area contributed by atoms with Gasteiger partial charge in [-0.05, 0) is 27.2 Å². The van der Waals surface area contributed by atoms with Crippen molar-refractivity contribution in [3.63, 3.8) is 0 Å². The van der Waals surface area contributed by atoms with Crippen molar-refractivity contribution in [1.29, 1.82) is 0 Å². The Morgan fingerprint density at radius 2 is 1.84 bits per heavy atom. The van der Waals surface area contributed by atoms with Crippen molar-refractivity contribution < 1.29 is 4.79 Å². The van der Waals surface area contributed by atoms with E-state index < -0.39 is 0 Å². The minimum Gasteiger partial charge on any atom is -0.370 e. The van der Waals surface area contributed by atoms with Gasteiger partial charge in [0.2, 0.25) is 5.91 Å². The van der Waals surface area contributed by atoms with Gasteiger partial charge in [-0.25, -0.2) is 4.99 Å². The van der Waals surface area contributed by atoms with E-state index in [1.807, 2.05) is 20.8 Å². The van der Waals surface area contributed by atoms with Crippen molar-refractivity contribution in [2.45, 2.75) is 58.9 Å². The second kappa shape index (κ2) is 11.3. The van der Waals surface area contributed by atoms with E-state index in [1.54, 1.807) is 0 Å². The van der Waals surface area contributed by atoms with Crippen LogP contribution in [0.3, 0.4) is 0 Å². The zero-order chi connectivity index (χ0) is 14.0. The molecule has 0 aromatic heterocycles. The van der Waals surface area contributed by atoms with Crippen LogP contribution in [0, 0.1) is 0 Å². The van der Waals surface area contributed by atoms with Gasteiger partial charge >= 0.3 is 0 Å². The molecule has 0 unspecified atom stereocenters. The Balaban J connectivity index is 0. The summed E-state index contributed by atoms with van der Waals surface area (Å²) in [5, 5.41) is 5.84.